The van der Waals surface area contributed by atoms with E-state index in [0.29, 0.717) is 31.2 Å². The highest BCUT2D eigenvalue weighted by Crippen LogP contribution is 2.08. The number of nitrogens with zero attached hydrogens (tertiary/aromatic N) is 2. The van der Waals surface area contributed by atoms with Gasteiger partial charge in [-0.2, -0.15) is 0 Å². The molecule has 0 atom stereocenters. The zero-order valence-electron chi connectivity index (χ0n) is 12.9. The van der Waals surface area contributed by atoms with Crippen LogP contribution in [0.2, 0.25) is 0 Å². The fraction of sp³-hybridized carbons (Fsp3) is 0.312. The van der Waals surface area contributed by atoms with Crippen LogP contribution in [-0.2, 0) is 16.0 Å². The van der Waals surface area contributed by atoms with Gasteiger partial charge in [0.1, 0.15) is 6.61 Å². The Bertz CT molecular complexity index is 615. The molecule has 1 N–H and O–H groups in total. The second-order valence-electron chi connectivity index (χ2n) is 4.42. The van der Waals surface area contributed by atoms with Crippen molar-refractivity contribution in [3.63, 3.8) is 0 Å². The monoisotopic (exact) mass is 333 g/mol. The highest BCUT2D eigenvalue weighted by Gasteiger charge is 2.11. The predicted molar refractivity (Wildman–Crippen MR) is 89.6 cm³/mol. The van der Waals surface area contributed by atoms with E-state index in [1.165, 1.54) is 11.3 Å². The summed E-state index contributed by atoms with van der Waals surface area (Å²) in [5, 5.41) is 4.53. The molecule has 1 amide bonds. The van der Waals surface area contributed by atoms with Gasteiger partial charge >= 0.3 is 0 Å². The lowest BCUT2D eigenvalue weighted by Gasteiger charge is -2.10. The smallest absolute Gasteiger partial charge is 0.292 e. The molecule has 0 saturated carbocycles. The number of carbonyl (C=O) groups excluding carboxylic acids is 1. The second-order valence-corrected chi connectivity index (χ2v) is 5.37. The highest BCUT2D eigenvalue weighted by molar-refractivity contribution is 7.12. The second kappa shape index (κ2) is 9.70. The van der Waals surface area contributed by atoms with Gasteiger partial charge in [-0.15, -0.1) is 11.3 Å². The lowest BCUT2D eigenvalue weighted by atomic mass is 10.3. The minimum absolute atomic E-state index is 0.175. The molecule has 23 heavy (non-hydrogen) atoms. The Morgan fingerprint density at radius 2 is 2.22 bits per heavy atom. The van der Waals surface area contributed by atoms with Gasteiger partial charge in [0, 0.05) is 12.8 Å². The first-order valence-corrected chi connectivity index (χ1v) is 8.17. The number of pyridine rings is 1. The number of aromatic nitrogens is 1. The number of hydrogen-bond acceptors (Lipinski definition) is 6. The number of rotatable bonds is 7. The van der Waals surface area contributed by atoms with E-state index in [0.717, 1.165) is 5.69 Å². The summed E-state index contributed by atoms with van der Waals surface area (Å²) in [6, 6.07) is 9.33. The van der Waals surface area contributed by atoms with Gasteiger partial charge in [-0.25, -0.2) is 4.99 Å². The molecule has 0 aliphatic heterocycles. The van der Waals surface area contributed by atoms with Gasteiger partial charge in [-0.05, 0) is 30.5 Å². The maximum absolute atomic E-state index is 12.1. The first-order valence-electron chi connectivity index (χ1n) is 7.29. The van der Waals surface area contributed by atoms with Gasteiger partial charge in [0.25, 0.3) is 11.9 Å². The summed E-state index contributed by atoms with van der Waals surface area (Å²) in [4.78, 5) is 21.2. The minimum atomic E-state index is -0.240. The van der Waals surface area contributed by atoms with E-state index < -0.39 is 0 Å². The number of amides is 1. The van der Waals surface area contributed by atoms with Crippen molar-refractivity contribution in [3.8, 4) is 0 Å². The lowest BCUT2D eigenvalue weighted by Crippen LogP contribution is -2.33. The molecule has 0 bridgehead atoms. The average Bonchev–Trinajstić information content (AvgIpc) is 3.12. The third kappa shape index (κ3) is 6.17. The van der Waals surface area contributed by atoms with Gasteiger partial charge in [-0.3, -0.25) is 15.1 Å². The van der Waals surface area contributed by atoms with Crippen molar-refractivity contribution < 1.29 is 14.3 Å². The summed E-state index contributed by atoms with van der Waals surface area (Å²) in [7, 11) is 0. The normalized spacial score (nSPS) is 11.3. The van der Waals surface area contributed by atoms with E-state index in [2.05, 4.69) is 15.3 Å². The lowest BCUT2D eigenvalue weighted by molar-refractivity contribution is 0.0925. The summed E-state index contributed by atoms with van der Waals surface area (Å²) < 4.78 is 10.7. The molecule has 6 nitrogen and oxygen atoms in total. The van der Waals surface area contributed by atoms with Crippen LogP contribution in [0.1, 0.15) is 22.3 Å². The fourth-order valence-electron chi connectivity index (χ4n) is 1.67. The number of thiophene rings is 1. The van der Waals surface area contributed by atoms with Crippen molar-refractivity contribution in [2.24, 2.45) is 4.99 Å². The fourth-order valence-corrected chi connectivity index (χ4v) is 2.29. The van der Waals surface area contributed by atoms with Crippen molar-refractivity contribution in [3.05, 3.63) is 52.5 Å². The van der Waals surface area contributed by atoms with Crippen LogP contribution in [0.4, 0.5) is 0 Å². The summed E-state index contributed by atoms with van der Waals surface area (Å²) in [5.41, 5.74) is 0.795. The van der Waals surface area contributed by atoms with Gasteiger partial charge < -0.3 is 9.47 Å². The largest absolute Gasteiger partial charge is 0.463 e. The maximum atomic E-state index is 12.1. The molecule has 0 unspecified atom stereocenters. The molecule has 0 aliphatic carbocycles. The Morgan fingerprint density at radius 3 is 2.91 bits per heavy atom. The van der Waals surface area contributed by atoms with E-state index in [-0.39, 0.29) is 11.9 Å². The molecular formula is C16H19N3O3S. The quantitative estimate of drug-likeness (QED) is 0.480. The number of carbonyl (C=O) groups is 1. The molecule has 0 radical (unpaired) electrons. The first-order chi connectivity index (χ1) is 11.3. The highest BCUT2D eigenvalue weighted by atomic mass is 32.1. The van der Waals surface area contributed by atoms with Crippen molar-refractivity contribution in [2.75, 3.05) is 19.8 Å². The van der Waals surface area contributed by atoms with Crippen LogP contribution in [0, 0.1) is 0 Å². The topological polar surface area (TPSA) is 72.8 Å². The standard InChI is InChI=1S/C16H19N3O3S/c1-2-21-9-10-22-16(18-12-13-6-3-4-8-17-13)19-15(20)14-7-5-11-23-14/h3-8,11H,2,9-10,12H2,1H3,(H,18,19,20). The number of aliphatic imine (C=N–C) groups is 1. The minimum Gasteiger partial charge on any atom is -0.463 e. The SMILES string of the molecule is CCOCCOC(=NCc1ccccn1)NC(=O)c1cccs1. The molecular weight excluding hydrogens is 314 g/mol. The predicted octanol–water partition coefficient (Wildman–Crippen LogP) is 2.48. The maximum Gasteiger partial charge on any atom is 0.292 e. The summed E-state index contributed by atoms with van der Waals surface area (Å²) >= 11 is 1.36. The van der Waals surface area contributed by atoms with Gasteiger partial charge in [0.15, 0.2) is 0 Å². The van der Waals surface area contributed by atoms with Crippen molar-refractivity contribution in [2.45, 2.75) is 13.5 Å². The number of amidine groups is 1. The van der Waals surface area contributed by atoms with E-state index in [1.807, 2.05) is 36.6 Å². The summed E-state index contributed by atoms with van der Waals surface area (Å²) in [5.74, 6) is -0.240. The van der Waals surface area contributed by atoms with Crippen LogP contribution in [0.5, 0.6) is 0 Å². The zero-order valence-corrected chi connectivity index (χ0v) is 13.7. The number of nitrogens with one attached hydrogen (secondary N) is 1. The molecule has 2 aromatic rings. The zero-order chi connectivity index (χ0) is 16.3. The Kier molecular flexibility index (Phi) is 7.22. The molecule has 122 valence electrons. The Balaban J connectivity index is 1.97. The molecule has 0 aliphatic rings. The van der Waals surface area contributed by atoms with E-state index in [9.17, 15) is 4.79 Å². The van der Waals surface area contributed by atoms with Crippen LogP contribution in [-0.4, -0.2) is 36.7 Å². The summed E-state index contributed by atoms with van der Waals surface area (Å²) in [6.07, 6.45) is 1.70. The van der Waals surface area contributed by atoms with Crippen LogP contribution in [0.3, 0.4) is 0 Å². The Morgan fingerprint density at radius 1 is 1.30 bits per heavy atom. The molecule has 0 fully saturated rings. The van der Waals surface area contributed by atoms with Crippen LogP contribution in [0.15, 0.2) is 46.9 Å². The number of ether oxygens (including phenoxy) is 2. The third-order valence-corrected chi connectivity index (χ3v) is 3.62. The first kappa shape index (κ1) is 17.1. The molecule has 2 aromatic heterocycles. The molecule has 2 heterocycles. The molecule has 0 aromatic carbocycles. The van der Waals surface area contributed by atoms with Crippen LogP contribution in [0.25, 0.3) is 0 Å². The number of hydrogen-bond donors (Lipinski definition) is 1. The van der Waals surface area contributed by atoms with Gasteiger partial charge in [-0.1, -0.05) is 12.1 Å². The van der Waals surface area contributed by atoms with Gasteiger partial charge in [0.2, 0.25) is 0 Å². The van der Waals surface area contributed by atoms with E-state index in [1.54, 1.807) is 12.3 Å². The van der Waals surface area contributed by atoms with E-state index >= 15 is 0 Å². The average molecular weight is 333 g/mol. The van der Waals surface area contributed by atoms with Crippen molar-refractivity contribution >= 4 is 23.3 Å². The van der Waals surface area contributed by atoms with Crippen LogP contribution >= 0.6 is 11.3 Å². The van der Waals surface area contributed by atoms with Crippen LogP contribution < -0.4 is 5.32 Å². The molecule has 7 heteroatoms. The molecule has 0 saturated heterocycles. The Labute approximate surface area is 139 Å². The van der Waals surface area contributed by atoms with Crippen molar-refractivity contribution in [1.82, 2.24) is 10.3 Å². The Hall–Kier alpha value is -2.25. The van der Waals surface area contributed by atoms with Gasteiger partial charge in [0.05, 0.1) is 23.7 Å². The molecule has 2 rings (SSSR count). The summed E-state index contributed by atoms with van der Waals surface area (Å²) in [6.45, 7) is 3.61. The van der Waals surface area contributed by atoms with E-state index in [4.69, 9.17) is 9.47 Å². The molecule has 0 spiro atoms. The van der Waals surface area contributed by atoms with Crippen molar-refractivity contribution in [1.29, 1.82) is 0 Å². The third-order valence-electron chi connectivity index (χ3n) is 2.75.